The van der Waals surface area contributed by atoms with Crippen molar-refractivity contribution in [3.63, 3.8) is 0 Å². The number of hydrogen-bond acceptors (Lipinski definition) is 8. The van der Waals surface area contributed by atoms with E-state index < -0.39 is 15.6 Å². The molecule has 12 heteroatoms. The van der Waals surface area contributed by atoms with Gasteiger partial charge in [-0.3, -0.25) is 0 Å². The fourth-order valence-electron chi connectivity index (χ4n) is 0. The van der Waals surface area contributed by atoms with Crippen LogP contribution in [0.5, 0.6) is 0 Å². The van der Waals surface area contributed by atoms with Gasteiger partial charge in [-0.1, -0.05) is 0 Å². The molecular formula is H2CaO9P2-4. The topological polar surface area (TPSA) is 200 Å². The predicted molar refractivity (Wildman–Crippen MR) is 25.1 cm³/mol. The Morgan fingerprint density at radius 3 is 0.917 bits per heavy atom. The van der Waals surface area contributed by atoms with Crippen LogP contribution in [0.15, 0.2) is 0 Å². The summed E-state index contributed by atoms with van der Waals surface area (Å²) >= 11 is 0. The summed E-state index contributed by atoms with van der Waals surface area (Å²) in [4.78, 5) is 49.9. The van der Waals surface area contributed by atoms with Crippen LogP contribution in [0.4, 0.5) is 0 Å². The molecule has 9 nitrogen and oxygen atoms in total. The molecule has 0 spiro atoms. The first-order chi connectivity index (χ1) is 4.00. The third-order valence-corrected chi connectivity index (χ3v) is 0. The van der Waals surface area contributed by atoms with E-state index in [4.69, 9.17) is 38.5 Å². The van der Waals surface area contributed by atoms with E-state index in [1.807, 2.05) is 0 Å². The molecule has 0 rings (SSSR count). The van der Waals surface area contributed by atoms with E-state index in [0.717, 1.165) is 0 Å². The summed E-state index contributed by atoms with van der Waals surface area (Å²) in [5.74, 6) is 0. The van der Waals surface area contributed by atoms with Crippen molar-refractivity contribution in [2.75, 3.05) is 0 Å². The number of hydrogen-bond donors (Lipinski definition) is 1. The van der Waals surface area contributed by atoms with E-state index in [0.29, 0.717) is 0 Å². The smallest absolute Gasteiger partial charge is 0.870 e. The third kappa shape index (κ3) is 601. The van der Waals surface area contributed by atoms with E-state index in [1.54, 1.807) is 0 Å². The normalized spacial score (nSPS) is 9.83. The van der Waals surface area contributed by atoms with E-state index >= 15 is 0 Å². The van der Waals surface area contributed by atoms with Gasteiger partial charge in [0.1, 0.15) is 0 Å². The fourth-order valence-corrected chi connectivity index (χ4v) is 0. The Hall–Kier alpha value is 1.44. The van der Waals surface area contributed by atoms with Gasteiger partial charge in [-0.25, -0.2) is 0 Å². The van der Waals surface area contributed by atoms with Crippen LogP contribution in [0, 0.1) is 0 Å². The summed E-state index contributed by atoms with van der Waals surface area (Å²) in [5.41, 5.74) is 0. The molecule has 2 N–H and O–H groups in total. The minimum absolute atomic E-state index is 0. The maximum atomic E-state index is 8.66. The van der Waals surface area contributed by atoms with Crippen LogP contribution in [-0.2, 0) is 9.13 Å². The average molecular weight is 248 g/mol. The molecule has 0 aliphatic heterocycles. The maximum Gasteiger partial charge on any atom is 2.00 e. The molecule has 0 amide bonds. The molecule has 0 saturated carbocycles. The molecule has 0 aliphatic rings. The Balaban J connectivity index is -0.0000000457. The summed E-state index contributed by atoms with van der Waals surface area (Å²) in [6.45, 7) is 0. The van der Waals surface area contributed by atoms with Crippen LogP contribution in [0.25, 0.3) is 0 Å². The third-order valence-electron chi connectivity index (χ3n) is 0. The van der Waals surface area contributed by atoms with Crippen molar-refractivity contribution in [3.8, 4) is 0 Å². The molecule has 0 bridgehead atoms. The second-order valence-corrected chi connectivity index (χ2v) is 2.75. The maximum absolute atomic E-state index is 8.66. The molecule has 0 aromatic heterocycles. The van der Waals surface area contributed by atoms with Crippen molar-refractivity contribution in [1.29, 1.82) is 0 Å². The van der Waals surface area contributed by atoms with E-state index in [9.17, 15) is 0 Å². The zero-order valence-corrected chi connectivity index (χ0v) is 9.35. The van der Waals surface area contributed by atoms with Crippen LogP contribution in [0.2, 0.25) is 0 Å². The van der Waals surface area contributed by atoms with Crippen molar-refractivity contribution in [2.24, 2.45) is 0 Å². The number of rotatable bonds is 0. The average Bonchev–Trinajstić information content (AvgIpc) is 1.12. The summed E-state index contributed by atoms with van der Waals surface area (Å²) in [7, 11) is -10.5. The summed E-state index contributed by atoms with van der Waals surface area (Å²) < 4.78 is 17.2. The molecule has 0 radical (unpaired) electrons. The van der Waals surface area contributed by atoms with Crippen LogP contribution in [0.1, 0.15) is 0 Å². The molecule has 0 aromatic carbocycles. The molecule has 0 aromatic rings. The molecule has 72 valence electrons. The second-order valence-electron chi connectivity index (χ2n) is 0.916. The van der Waals surface area contributed by atoms with Crippen molar-refractivity contribution < 1.29 is 44.0 Å². The van der Waals surface area contributed by atoms with Crippen LogP contribution >= 0.6 is 15.6 Å². The summed E-state index contributed by atoms with van der Waals surface area (Å²) in [5, 5.41) is 0. The first-order valence-electron chi connectivity index (χ1n) is 1.48. The van der Waals surface area contributed by atoms with Gasteiger partial charge in [0.2, 0.25) is 0 Å². The molecule has 0 saturated heterocycles. The Kier molecular flexibility index (Phi) is 17.5. The van der Waals surface area contributed by atoms with E-state index in [-0.39, 0.29) is 43.2 Å². The molecule has 0 fully saturated rings. The van der Waals surface area contributed by atoms with Gasteiger partial charge in [-0.2, -0.15) is 7.82 Å². The minimum atomic E-state index is -5.39. The Bertz CT molecular complexity index is 125. The van der Waals surface area contributed by atoms with Crippen LogP contribution in [0.3, 0.4) is 0 Å². The molecular weight excluding hydrogens is 246 g/mol. The van der Waals surface area contributed by atoms with Gasteiger partial charge in [-0.05, 0) is 0 Å². The molecule has 0 unspecified atom stereocenters. The SMILES string of the molecule is O=P([O-])([O-])O.O=P([O-])([O-])[O-].[Ca+2].[OH-]. The largest absolute Gasteiger partial charge is 2.00 e. The fraction of sp³-hybridized carbons (Fsp3) is 0. The van der Waals surface area contributed by atoms with E-state index in [2.05, 4.69) is 0 Å². The van der Waals surface area contributed by atoms with Crippen molar-refractivity contribution >= 4 is 53.4 Å². The van der Waals surface area contributed by atoms with Gasteiger partial charge in [0.05, 0.1) is 7.82 Å². The van der Waals surface area contributed by atoms with Crippen LogP contribution in [-0.4, -0.2) is 48.1 Å². The van der Waals surface area contributed by atoms with Gasteiger partial charge >= 0.3 is 37.7 Å². The van der Waals surface area contributed by atoms with Crippen molar-refractivity contribution in [3.05, 3.63) is 0 Å². The Morgan fingerprint density at radius 2 is 0.917 bits per heavy atom. The minimum Gasteiger partial charge on any atom is -0.870 e. The van der Waals surface area contributed by atoms with Gasteiger partial charge in [0, 0.05) is 0 Å². The standard InChI is InChI=1S/Ca.2H3O4P.H2O/c;2*1-5(2,3)4;/h;2*(H3,1,2,3,4);1H2/q+2;;;/p-6. The zero-order valence-electron chi connectivity index (χ0n) is 5.35. The summed E-state index contributed by atoms with van der Waals surface area (Å²) in [6.07, 6.45) is 0. The number of phosphoric acid groups is 2. The van der Waals surface area contributed by atoms with Crippen molar-refractivity contribution in [1.82, 2.24) is 0 Å². The Labute approximate surface area is 96.8 Å². The molecule has 12 heavy (non-hydrogen) atoms. The first kappa shape index (κ1) is 23.3. The first-order valence-corrected chi connectivity index (χ1v) is 4.43. The Morgan fingerprint density at radius 1 is 0.917 bits per heavy atom. The summed E-state index contributed by atoms with van der Waals surface area (Å²) in [6, 6.07) is 0. The van der Waals surface area contributed by atoms with Crippen LogP contribution < -0.4 is 24.5 Å². The van der Waals surface area contributed by atoms with Gasteiger partial charge in [0.15, 0.2) is 0 Å². The molecule has 0 atom stereocenters. The predicted octanol–water partition coefficient (Wildman–Crippen LogP) is -5.57. The zero-order chi connectivity index (χ0) is 9.00. The monoisotopic (exact) mass is 248 g/mol. The van der Waals surface area contributed by atoms with Crippen molar-refractivity contribution in [2.45, 2.75) is 0 Å². The van der Waals surface area contributed by atoms with E-state index in [1.165, 1.54) is 0 Å². The van der Waals surface area contributed by atoms with Gasteiger partial charge < -0.3 is 44.0 Å². The van der Waals surface area contributed by atoms with Gasteiger partial charge in [-0.15, -0.1) is 0 Å². The van der Waals surface area contributed by atoms with Gasteiger partial charge in [0.25, 0.3) is 0 Å². The quantitative estimate of drug-likeness (QED) is 0.320. The molecule has 0 heterocycles. The molecule has 0 aliphatic carbocycles. The second kappa shape index (κ2) is 9.01.